The first-order valence-electron chi connectivity index (χ1n) is 4.46. The number of rotatable bonds is 3. The Morgan fingerprint density at radius 1 is 1.29 bits per heavy atom. The van der Waals surface area contributed by atoms with E-state index in [0.717, 1.165) is 5.17 Å². The normalized spacial score (nSPS) is 18.1. The minimum absolute atomic E-state index is 0.328. The van der Waals surface area contributed by atoms with Crippen molar-refractivity contribution in [1.29, 1.82) is 0 Å². The molecule has 0 spiro atoms. The zero-order valence-corrected chi connectivity index (χ0v) is 9.85. The third-order valence-electron chi connectivity index (χ3n) is 1.99. The molecule has 2 rings (SSSR count). The molecule has 1 aliphatic heterocycles. The molecule has 17 heavy (non-hydrogen) atoms. The second kappa shape index (κ2) is 4.37. The number of methoxy groups -OCH3 is 2. The molecule has 1 heterocycles. The summed E-state index contributed by atoms with van der Waals surface area (Å²) in [4.78, 5) is 0. The van der Waals surface area contributed by atoms with E-state index in [0.29, 0.717) is 17.2 Å². The first kappa shape index (κ1) is 11.9. The lowest BCUT2D eigenvalue weighted by molar-refractivity contribution is 0.196. The fourth-order valence-electron chi connectivity index (χ4n) is 1.24. The van der Waals surface area contributed by atoms with Crippen LogP contribution in [0.3, 0.4) is 0 Å². The van der Waals surface area contributed by atoms with Crippen molar-refractivity contribution in [2.24, 2.45) is 0 Å². The van der Waals surface area contributed by atoms with Crippen molar-refractivity contribution in [2.45, 2.75) is 0 Å². The Balaban J connectivity index is 2.33. The van der Waals surface area contributed by atoms with E-state index >= 15 is 0 Å². The SMILES string of the molecule is COc1ccc(N2NOS(=O)(=O)O2)c(OC)c1. The van der Waals surface area contributed by atoms with Gasteiger partial charge in [0.15, 0.2) is 0 Å². The highest BCUT2D eigenvalue weighted by Crippen LogP contribution is 2.33. The van der Waals surface area contributed by atoms with Gasteiger partial charge in [-0.3, -0.25) is 0 Å². The van der Waals surface area contributed by atoms with Gasteiger partial charge in [-0.2, -0.15) is 8.42 Å². The van der Waals surface area contributed by atoms with E-state index in [9.17, 15) is 8.42 Å². The average molecular weight is 262 g/mol. The van der Waals surface area contributed by atoms with Crippen LogP contribution < -0.4 is 20.2 Å². The van der Waals surface area contributed by atoms with Crippen molar-refractivity contribution in [3.05, 3.63) is 18.2 Å². The topological polar surface area (TPSA) is 86.3 Å². The van der Waals surface area contributed by atoms with Crippen molar-refractivity contribution >= 4 is 16.1 Å². The predicted octanol–water partition coefficient (Wildman–Crippen LogP) is 0.136. The largest absolute Gasteiger partial charge is 0.497 e. The molecule has 1 fully saturated rings. The van der Waals surface area contributed by atoms with Gasteiger partial charge in [0, 0.05) is 6.07 Å². The average Bonchev–Trinajstić information content (AvgIpc) is 2.68. The lowest BCUT2D eigenvalue weighted by Gasteiger charge is -2.15. The quantitative estimate of drug-likeness (QED) is 0.823. The summed E-state index contributed by atoms with van der Waals surface area (Å²) in [6.45, 7) is 0. The second-order valence-electron chi connectivity index (χ2n) is 2.99. The molecule has 1 aromatic rings. The Bertz CT molecular complexity index is 517. The van der Waals surface area contributed by atoms with E-state index in [1.807, 2.05) is 0 Å². The third-order valence-corrected chi connectivity index (χ3v) is 2.60. The van der Waals surface area contributed by atoms with Crippen molar-refractivity contribution < 1.29 is 26.5 Å². The van der Waals surface area contributed by atoms with E-state index in [1.165, 1.54) is 14.2 Å². The molecule has 0 bridgehead atoms. The van der Waals surface area contributed by atoms with E-state index in [-0.39, 0.29) is 0 Å². The predicted molar refractivity (Wildman–Crippen MR) is 56.3 cm³/mol. The zero-order chi connectivity index (χ0) is 12.5. The fourth-order valence-corrected chi connectivity index (χ4v) is 1.73. The van der Waals surface area contributed by atoms with Crippen molar-refractivity contribution in [3.63, 3.8) is 0 Å². The molecule has 9 heteroatoms. The van der Waals surface area contributed by atoms with E-state index in [1.54, 1.807) is 18.2 Å². The molecule has 8 nitrogen and oxygen atoms in total. The molecule has 0 aliphatic carbocycles. The summed E-state index contributed by atoms with van der Waals surface area (Å²) >= 11 is 0. The molecule has 1 aliphatic rings. The maximum absolute atomic E-state index is 10.9. The van der Waals surface area contributed by atoms with Crippen LogP contribution in [-0.2, 0) is 19.0 Å². The molecule has 0 unspecified atom stereocenters. The number of anilines is 1. The van der Waals surface area contributed by atoms with Gasteiger partial charge in [0.1, 0.15) is 17.2 Å². The second-order valence-corrected chi connectivity index (χ2v) is 4.12. The lowest BCUT2D eigenvalue weighted by atomic mass is 10.3. The maximum Gasteiger partial charge on any atom is 0.440 e. The number of benzene rings is 1. The van der Waals surface area contributed by atoms with Crippen molar-refractivity contribution in [3.8, 4) is 11.5 Å². The molecular formula is C8H10N2O6S. The van der Waals surface area contributed by atoms with Crippen LogP contribution in [0.5, 0.6) is 11.5 Å². The smallest absolute Gasteiger partial charge is 0.440 e. The van der Waals surface area contributed by atoms with Crippen molar-refractivity contribution in [1.82, 2.24) is 5.59 Å². The summed E-state index contributed by atoms with van der Waals surface area (Å²) in [6, 6.07) is 4.74. The number of nitrogens with one attached hydrogen (secondary N) is 1. The summed E-state index contributed by atoms with van der Waals surface area (Å²) in [5, 5.41) is 0.827. The van der Waals surface area contributed by atoms with Crippen LogP contribution in [0.4, 0.5) is 5.69 Å². The molecule has 0 atom stereocenters. The van der Waals surface area contributed by atoms with E-state index in [2.05, 4.69) is 14.2 Å². The van der Waals surface area contributed by atoms with Crippen molar-refractivity contribution in [2.75, 3.05) is 19.4 Å². The van der Waals surface area contributed by atoms with Gasteiger partial charge in [-0.25, -0.2) is 0 Å². The Labute approximate surface area is 97.8 Å². The molecule has 1 aromatic carbocycles. The number of nitrogens with zero attached hydrogens (tertiary/aromatic N) is 1. The van der Waals surface area contributed by atoms with Crippen LogP contribution in [-0.4, -0.2) is 22.6 Å². The molecule has 0 saturated carbocycles. The number of hydrazine groups is 1. The van der Waals surface area contributed by atoms with Crippen LogP contribution in [0, 0.1) is 0 Å². The molecule has 1 saturated heterocycles. The van der Waals surface area contributed by atoms with Crippen LogP contribution >= 0.6 is 0 Å². The van der Waals surface area contributed by atoms with Crippen LogP contribution in [0.15, 0.2) is 18.2 Å². The van der Waals surface area contributed by atoms with Gasteiger partial charge >= 0.3 is 10.4 Å². The summed E-state index contributed by atoms with van der Waals surface area (Å²) in [5.41, 5.74) is 2.41. The summed E-state index contributed by atoms with van der Waals surface area (Å²) in [5.74, 6) is 0.922. The standard InChI is InChI=1S/C8H10N2O6S/c1-13-6-3-4-7(8(5-6)14-2)10-9-15-17(11,12)16-10/h3-5,9H,1-2H3. The molecule has 0 radical (unpaired) electrons. The number of hydrogen-bond acceptors (Lipinski definition) is 8. The van der Waals surface area contributed by atoms with E-state index < -0.39 is 10.4 Å². The summed E-state index contributed by atoms with van der Waals surface area (Å²) < 4.78 is 40.6. The first-order valence-corrected chi connectivity index (χ1v) is 5.80. The highest BCUT2D eigenvalue weighted by atomic mass is 32.3. The first-order chi connectivity index (χ1) is 8.05. The minimum atomic E-state index is -4.06. The monoisotopic (exact) mass is 262 g/mol. The van der Waals surface area contributed by atoms with Crippen LogP contribution in [0.1, 0.15) is 0 Å². The Morgan fingerprint density at radius 3 is 2.59 bits per heavy atom. The van der Waals surface area contributed by atoms with Crippen LogP contribution in [0.2, 0.25) is 0 Å². The molecule has 1 N–H and O–H groups in total. The highest BCUT2D eigenvalue weighted by Gasteiger charge is 2.30. The Morgan fingerprint density at radius 2 is 2.06 bits per heavy atom. The van der Waals surface area contributed by atoms with Gasteiger partial charge in [0.25, 0.3) is 0 Å². The van der Waals surface area contributed by atoms with Gasteiger partial charge in [-0.1, -0.05) is 5.59 Å². The van der Waals surface area contributed by atoms with Gasteiger partial charge in [0.05, 0.1) is 14.2 Å². The fraction of sp³-hybridized carbons (Fsp3) is 0.250. The molecule has 0 amide bonds. The minimum Gasteiger partial charge on any atom is -0.497 e. The number of hydrogen-bond donors (Lipinski definition) is 1. The Hall–Kier alpha value is -1.55. The van der Waals surface area contributed by atoms with Gasteiger partial charge in [-0.05, 0) is 12.1 Å². The zero-order valence-electron chi connectivity index (χ0n) is 9.04. The summed E-state index contributed by atoms with van der Waals surface area (Å²) in [7, 11) is -1.12. The highest BCUT2D eigenvalue weighted by molar-refractivity contribution is 7.82. The van der Waals surface area contributed by atoms with Gasteiger partial charge < -0.3 is 9.47 Å². The summed E-state index contributed by atoms with van der Waals surface area (Å²) in [6.07, 6.45) is 0. The third kappa shape index (κ3) is 2.42. The number of ether oxygens (including phenoxy) is 2. The Kier molecular flexibility index (Phi) is 3.07. The van der Waals surface area contributed by atoms with Crippen LogP contribution in [0.25, 0.3) is 0 Å². The molecule has 94 valence electrons. The lowest BCUT2D eigenvalue weighted by Crippen LogP contribution is -2.28. The maximum atomic E-state index is 10.9. The van der Waals surface area contributed by atoms with Gasteiger partial charge in [0.2, 0.25) is 0 Å². The molecule has 0 aromatic heterocycles. The molecular weight excluding hydrogens is 252 g/mol. The van der Waals surface area contributed by atoms with Gasteiger partial charge in [-0.15, -0.1) is 13.7 Å². The van der Waals surface area contributed by atoms with E-state index in [4.69, 9.17) is 9.47 Å².